The molecular weight excluding hydrogens is 402 g/mol. The summed E-state index contributed by atoms with van der Waals surface area (Å²) in [6, 6.07) is 19.0. The lowest BCUT2D eigenvalue weighted by Crippen LogP contribution is -1.90. The van der Waals surface area contributed by atoms with Crippen molar-refractivity contribution in [2.24, 2.45) is 10.1 Å². The van der Waals surface area contributed by atoms with E-state index in [9.17, 15) is 15.2 Å². The first kappa shape index (κ1) is 19.2. The van der Waals surface area contributed by atoms with E-state index in [2.05, 4.69) is 20.5 Å². The van der Waals surface area contributed by atoms with Crippen molar-refractivity contribution in [3.05, 3.63) is 88.0 Å². The lowest BCUT2D eigenvalue weighted by molar-refractivity contribution is -0.384. The van der Waals surface area contributed by atoms with E-state index in [1.807, 2.05) is 48.5 Å². The van der Waals surface area contributed by atoms with Crippen molar-refractivity contribution < 1.29 is 10.0 Å². The maximum Gasteiger partial charge on any atom is 0.271 e. The normalized spacial score (nSPS) is 11.5. The molecule has 3 aromatic carbocycles. The number of rotatable bonds is 6. The molecule has 0 spiro atoms. The van der Waals surface area contributed by atoms with E-state index < -0.39 is 4.92 Å². The number of nitro groups is 1. The first-order valence-electron chi connectivity index (χ1n) is 8.85. The molecule has 1 heterocycles. The smallest absolute Gasteiger partial charge is 0.271 e. The number of hydrogen-bond donors (Lipinski definition) is 2. The van der Waals surface area contributed by atoms with Crippen LogP contribution in [0.2, 0.25) is 0 Å². The topological polar surface area (TPSA) is 113 Å². The molecule has 8 nitrogen and oxygen atoms in total. The highest BCUT2D eigenvalue weighted by Crippen LogP contribution is 2.30. The molecule has 0 amide bonds. The minimum absolute atomic E-state index is 0.124. The summed E-state index contributed by atoms with van der Waals surface area (Å²) in [6.07, 6.45) is 3.21. The molecule has 0 unspecified atom stereocenters. The Labute approximate surface area is 175 Å². The Balaban J connectivity index is 1.41. The summed E-state index contributed by atoms with van der Waals surface area (Å²) in [6.45, 7) is 0. The van der Waals surface area contributed by atoms with E-state index >= 15 is 0 Å². The standard InChI is InChI=1S/C21H15N5O3S/c27-19-10-9-16(26(28)29)11-18(19)22-12-14-5-7-15(8-6-14)13-23-25-21-24-17-3-1-2-4-20(17)30-21/h1-13,27H,(H,24,25)/b22-12?,23-13+. The molecule has 4 aromatic rings. The number of hydrogen-bond acceptors (Lipinski definition) is 8. The minimum atomic E-state index is -0.533. The van der Waals surface area contributed by atoms with Gasteiger partial charge in [-0.05, 0) is 29.3 Å². The number of aliphatic imine (C=N–C) groups is 1. The number of nitro benzene ring substituents is 1. The van der Waals surface area contributed by atoms with Gasteiger partial charge in [-0.2, -0.15) is 5.10 Å². The van der Waals surface area contributed by atoms with Crippen molar-refractivity contribution in [1.82, 2.24) is 4.98 Å². The molecule has 0 saturated heterocycles. The largest absolute Gasteiger partial charge is 0.506 e. The van der Waals surface area contributed by atoms with Gasteiger partial charge >= 0.3 is 0 Å². The second-order valence-electron chi connectivity index (χ2n) is 6.21. The zero-order valence-electron chi connectivity index (χ0n) is 15.5. The SMILES string of the molecule is O=[N+]([O-])c1ccc(O)c(N=Cc2ccc(/C=N/Nc3nc4ccccc4s3)cc2)c1. The summed E-state index contributed by atoms with van der Waals surface area (Å²) in [7, 11) is 0. The van der Waals surface area contributed by atoms with Gasteiger partial charge in [0.15, 0.2) is 0 Å². The zero-order valence-corrected chi connectivity index (χ0v) is 16.3. The van der Waals surface area contributed by atoms with Crippen LogP contribution in [0, 0.1) is 10.1 Å². The molecular formula is C21H15N5O3S. The number of thiazole rings is 1. The Morgan fingerprint density at radius 2 is 1.77 bits per heavy atom. The average Bonchev–Trinajstić information content (AvgIpc) is 3.17. The van der Waals surface area contributed by atoms with E-state index in [1.165, 1.54) is 35.8 Å². The molecule has 0 saturated carbocycles. The maximum atomic E-state index is 10.8. The van der Waals surface area contributed by atoms with Gasteiger partial charge in [0.05, 0.1) is 21.4 Å². The van der Waals surface area contributed by atoms with Crippen molar-refractivity contribution in [1.29, 1.82) is 0 Å². The first-order valence-corrected chi connectivity index (χ1v) is 9.66. The van der Waals surface area contributed by atoms with E-state index in [1.54, 1.807) is 6.21 Å². The van der Waals surface area contributed by atoms with E-state index in [0.717, 1.165) is 21.3 Å². The second-order valence-corrected chi connectivity index (χ2v) is 7.24. The van der Waals surface area contributed by atoms with Crippen LogP contribution in [0.25, 0.3) is 10.2 Å². The van der Waals surface area contributed by atoms with Gasteiger partial charge in [-0.15, -0.1) is 0 Å². The fourth-order valence-corrected chi connectivity index (χ4v) is 3.44. The van der Waals surface area contributed by atoms with Crippen LogP contribution in [0.15, 0.2) is 76.8 Å². The van der Waals surface area contributed by atoms with Gasteiger partial charge in [0.25, 0.3) is 5.69 Å². The number of aromatic hydroxyl groups is 1. The Hall–Kier alpha value is -4.11. The molecule has 148 valence electrons. The molecule has 2 N–H and O–H groups in total. The number of hydrazone groups is 1. The van der Waals surface area contributed by atoms with Crippen LogP contribution in [-0.2, 0) is 0 Å². The van der Waals surface area contributed by atoms with Crippen molar-refractivity contribution in [3.63, 3.8) is 0 Å². The number of aromatic nitrogens is 1. The Bertz CT molecular complexity index is 1230. The van der Waals surface area contributed by atoms with Gasteiger partial charge in [0, 0.05) is 18.3 Å². The predicted molar refractivity (Wildman–Crippen MR) is 119 cm³/mol. The summed E-state index contributed by atoms with van der Waals surface area (Å²) in [5.41, 5.74) is 5.51. The number of non-ortho nitro benzene ring substituents is 1. The second kappa shape index (κ2) is 8.50. The molecule has 9 heteroatoms. The van der Waals surface area contributed by atoms with Gasteiger partial charge in [0.1, 0.15) is 11.4 Å². The molecule has 0 radical (unpaired) electrons. The number of nitrogens with one attached hydrogen (secondary N) is 1. The highest BCUT2D eigenvalue weighted by atomic mass is 32.1. The summed E-state index contributed by atoms with van der Waals surface area (Å²) in [5, 5.41) is 25.6. The van der Waals surface area contributed by atoms with Gasteiger partial charge in [-0.1, -0.05) is 47.7 Å². The molecule has 1 aromatic heterocycles. The van der Waals surface area contributed by atoms with Gasteiger partial charge < -0.3 is 5.11 Å². The van der Waals surface area contributed by atoms with Crippen LogP contribution < -0.4 is 5.43 Å². The lowest BCUT2D eigenvalue weighted by atomic mass is 10.1. The van der Waals surface area contributed by atoms with Gasteiger partial charge in [0.2, 0.25) is 5.13 Å². The highest BCUT2D eigenvalue weighted by molar-refractivity contribution is 7.22. The van der Waals surface area contributed by atoms with Crippen LogP contribution in [0.4, 0.5) is 16.5 Å². The number of para-hydroxylation sites is 1. The summed E-state index contributed by atoms with van der Waals surface area (Å²) < 4.78 is 1.09. The zero-order chi connectivity index (χ0) is 20.9. The minimum Gasteiger partial charge on any atom is -0.506 e. The third kappa shape index (κ3) is 4.47. The number of phenols is 1. The van der Waals surface area contributed by atoms with E-state index in [-0.39, 0.29) is 17.1 Å². The maximum absolute atomic E-state index is 10.8. The quantitative estimate of drug-likeness (QED) is 0.257. The number of nitrogens with zero attached hydrogens (tertiary/aromatic N) is 4. The molecule has 0 aliphatic carbocycles. The fourth-order valence-electron chi connectivity index (χ4n) is 2.62. The highest BCUT2D eigenvalue weighted by Gasteiger charge is 2.09. The Kier molecular flexibility index (Phi) is 5.44. The van der Waals surface area contributed by atoms with Crippen LogP contribution in [0.1, 0.15) is 11.1 Å². The summed E-state index contributed by atoms with van der Waals surface area (Å²) >= 11 is 1.53. The monoisotopic (exact) mass is 417 g/mol. The van der Waals surface area contributed by atoms with Crippen molar-refractivity contribution >= 4 is 50.5 Å². The van der Waals surface area contributed by atoms with Crippen LogP contribution in [-0.4, -0.2) is 27.4 Å². The number of benzene rings is 3. The third-order valence-electron chi connectivity index (χ3n) is 4.13. The van der Waals surface area contributed by atoms with Crippen molar-refractivity contribution in [3.8, 4) is 5.75 Å². The predicted octanol–water partition coefficient (Wildman–Crippen LogP) is 5.11. The number of anilines is 1. The molecule has 4 rings (SSSR count). The molecule has 0 aliphatic rings. The molecule has 30 heavy (non-hydrogen) atoms. The van der Waals surface area contributed by atoms with Crippen LogP contribution in [0.3, 0.4) is 0 Å². The van der Waals surface area contributed by atoms with Crippen LogP contribution in [0.5, 0.6) is 5.75 Å². The molecule has 0 atom stereocenters. The summed E-state index contributed by atoms with van der Waals surface area (Å²) in [4.78, 5) is 18.9. The van der Waals surface area contributed by atoms with Crippen molar-refractivity contribution in [2.45, 2.75) is 0 Å². The number of fused-ring (bicyclic) bond motifs is 1. The molecule has 0 fully saturated rings. The molecule has 0 bridgehead atoms. The third-order valence-corrected chi connectivity index (χ3v) is 5.07. The summed E-state index contributed by atoms with van der Waals surface area (Å²) in [5.74, 6) is -0.124. The van der Waals surface area contributed by atoms with Crippen LogP contribution >= 0.6 is 11.3 Å². The molecule has 0 aliphatic heterocycles. The fraction of sp³-hybridized carbons (Fsp3) is 0. The van der Waals surface area contributed by atoms with Gasteiger partial charge in [-0.3, -0.25) is 20.5 Å². The lowest BCUT2D eigenvalue weighted by Gasteiger charge is -1.99. The Morgan fingerprint density at radius 1 is 1.03 bits per heavy atom. The van der Waals surface area contributed by atoms with Gasteiger partial charge in [-0.25, -0.2) is 4.98 Å². The number of phenolic OH excluding ortho intramolecular Hbond substituents is 1. The van der Waals surface area contributed by atoms with Crippen molar-refractivity contribution in [2.75, 3.05) is 5.43 Å². The van der Waals surface area contributed by atoms with E-state index in [4.69, 9.17) is 0 Å². The first-order chi connectivity index (χ1) is 14.6. The average molecular weight is 417 g/mol. The van der Waals surface area contributed by atoms with E-state index in [0.29, 0.717) is 5.13 Å². The Morgan fingerprint density at radius 3 is 2.50 bits per heavy atom.